The highest BCUT2D eigenvalue weighted by atomic mass is 15.1. The average molecular weight is 255 g/mol. The molecule has 0 atom stereocenters. The van der Waals surface area contributed by atoms with Crippen LogP contribution in [0.3, 0.4) is 0 Å². The van der Waals surface area contributed by atoms with Gasteiger partial charge in [0.05, 0.1) is 5.52 Å². The highest BCUT2D eigenvalue weighted by Gasteiger charge is 2.15. The van der Waals surface area contributed by atoms with Crippen LogP contribution in [0, 0.1) is 0 Å². The van der Waals surface area contributed by atoms with E-state index in [1.165, 1.54) is 10.9 Å². The van der Waals surface area contributed by atoms with E-state index >= 15 is 0 Å². The van der Waals surface area contributed by atoms with Crippen LogP contribution in [0.4, 0.5) is 0 Å². The Labute approximate surface area is 114 Å². The number of rotatable bonds is 3. The van der Waals surface area contributed by atoms with Crippen LogP contribution in [0.1, 0.15) is 18.4 Å². The summed E-state index contributed by atoms with van der Waals surface area (Å²) in [6.45, 7) is 3.41. The second kappa shape index (κ2) is 5.68. The summed E-state index contributed by atoms with van der Waals surface area (Å²) in [6.07, 6.45) is 5.29. The molecular weight excluding hydrogens is 234 g/mol. The Morgan fingerprint density at radius 2 is 1.95 bits per heavy atom. The molecule has 0 aliphatic carbocycles. The molecule has 0 bridgehead atoms. The standard InChI is InChI=1S/C16H21N3/c17-14-7-11-19(12-8-14)10-6-13-5-9-18-16-4-2-1-3-15(13)16/h1-5,9,14H,6-8,10-12,17H2. The minimum atomic E-state index is 0.415. The van der Waals surface area contributed by atoms with Crippen LogP contribution in [0.5, 0.6) is 0 Å². The number of hydrogen-bond donors (Lipinski definition) is 1. The van der Waals surface area contributed by atoms with Crippen molar-refractivity contribution in [2.24, 2.45) is 5.73 Å². The van der Waals surface area contributed by atoms with E-state index < -0.39 is 0 Å². The lowest BCUT2D eigenvalue weighted by atomic mass is 10.0. The Balaban J connectivity index is 1.68. The second-order valence-corrected chi connectivity index (χ2v) is 5.42. The Morgan fingerprint density at radius 1 is 1.16 bits per heavy atom. The second-order valence-electron chi connectivity index (χ2n) is 5.42. The van der Waals surface area contributed by atoms with Gasteiger partial charge in [0.15, 0.2) is 0 Å². The van der Waals surface area contributed by atoms with Crippen molar-refractivity contribution in [1.82, 2.24) is 9.88 Å². The maximum Gasteiger partial charge on any atom is 0.0704 e. The molecule has 2 aromatic rings. The molecule has 0 radical (unpaired) electrons. The number of aromatic nitrogens is 1. The molecule has 100 valence electrons. The molecule has 19 heavy (non-hydrogen) atoms. The van der Waals surface area contributed by atoms with Crippen molar-refractivity contribution in [3.05, 3.63) is 42.1 Å². The van der Waals surface area contributed by atoms with Crippen molar-refractivity contribution in [1.29, 1.82) is 0 Å². The van der Waals surface area contributed by atoms with E-state index in [9.17, 15) is 0 Å². The molecule has 1 aromatic heterocycles. The van der Waals surface area contributed by atoms with Gasteiger partial charge < -0.3 is 10.6 Å². The molecule has 3 nitrogen and oxygen atoms in total. The quantitative estimate of drug-likeness (QED) is 0.914. The number of likely N-dealkylation sites (tertiary alicyclic amines) is 1. The van der Waals surface area contributed by atoms with Gasteiger partial charge in [-0.2, -0.15) is 0 Å². The summed E-state index contributed by atoms with van der Waals surface area (Å²) in [5.41, 5.74) is 8.44. The predicted molar refractivity (Wildman–Crippen MR) is 79.1 cm³/mol. The van der Waals surface area contributed by atoms with Crippen LogP contribution in [-0.4, -0.2) is 35.6 Å². The fourth-order valence-corrected chi connectivity index (χ4v) is 2.83. The highest BCUT2D eigenvalue weighted by molar-refractivity contribution is 5.81. The third kappa shape index (κ3) is 2.94. The summed E-state index contributed by atoms with van der Waals surface area (Å²) in [4.78, 5) is 6.94. The SMILES string of the molecule is NC1CCN(CCc2ccnc3ccccc23)CC1. The van der Waals surface area contributed by atoms with Crippen molar-refractivity contribution in [2.75, 3.05) is 19.6 Å². The lowest BCUT2D eigenvalue weighted by Gasteiger charge is -2.30. The van der Waals surface area contributed by atoms with Gasteiger partial charge in [-0.05, 0) is 50.0 Å². The minimum absolute atomic E-state index is 0.415. The molecule has 1 aliphatic rings. The third-order valence-corrected chi connectivity index (χ3v) is 4.07. The zero-order valence-electron chi connectivity index (χ0n) is 11.3. The van der Waals surface area contributed by atoms with Crippen LogP contribution < -0.4 is 5.73 Å². The lowest BCUT2D eigenvalue weighted by molar-refractivity contribution is 0.216. The van der Waals surface area contributed by atoms with E-state index in [4.69, 9.17) is 5.73 Å². The van der Waals surface area contributed by atoms with Gasteiger partial charge in [-0.3, -0.25) is 4.98 Å². The first kappa shape index (κ1) is 12.6. The first-order valence-corrected chi connectivity index (χ1v) is 7.13. The van der Waals surface area contributed by atoms with E-state index in [0.717, 1.165) is 44.4 Å². The fourth-order valence-electron chi connectivity index (χ4n) is 2.83. The van der Waals surface area contributed by atoms with Crippen molar-refractivity contribution < 1.29 is 0 Å². The van der Waals surface area contributed by atoms with E-state index in [1.54, 1.807) is 0 Å². The number of hydrogen-bond acceptors (Lipinski definition) is 3. The Hall–Kier alpha value is -1.45. The summed E-state index contributed by atoms with van der Waals surface area (Å²) in [5.74, 6) is 0. The van der Waals surface area contributed by atoms with Crippen LogP contribution >= 0.6 is 0 Å². The van der Waals surface area contributed by atoms with Gasteiger partial charge in [0.2, 0.25) is 0 Å². The van der Waals surface area contributed by atoms with Gasteiger partial charge in [-0.1, -0.05) is 18.2 Å². The molecule has 0 saturated carbocycles. The summed E-state index contributed by atoms with van der Waals surface area (Å²) in [5, 5.41) is 1.29. The van der Waals surface area contributed by atoms with Gasteiger partial charge in [0.25, 0.3) is 0 Å². The van der Waals surface area contributed by atoms with Crippen molar-refractivity contribution in [3.8, 4) is 0 Å². The molecule has 1 aromatic carbocycles. The molecule has 1 fully saturated rings. The first-order valence-electron chi connectivity index (χ1n) is 7.13. The van der Waals surface area contributed by atoms with Crippen LogP contribution in [0.15, 0.2) is 36.5 Å². The Bertz CT molecular complexity index is 539. The number of fused-ring (bicyclic) bond motifs is 1. The molecule has 3 rings (SSSR count). The topological polar surface area (TPSA) is 42.1 Å². The normalized spacial score (nSPS) is 17.9. The fraction of sp³-hybridized carbons (Fsp3) is 0.438. The van der Waals surface area contributed by atoms with Gasteiger partial charge in [0.1, 0.15) is 0 Å². The van der Waals surface area contributed by atoms with Gasteiger partial charge in [-0.25, -0.2) is 0 Å². The van der Waals surface area contributed by atoms with Gasteiger partial charge in [0, 0.05) is 24.2 Å². The van der Waals surface area contributed by atoms with E-state index in [-0.39, 0.29) is 0 Å². The number of nitrogens with zero attached hydrogens (tertiary/aromatic N) is 2. The Morgan fingerprint density at radius 3 is 2.79 bits per heavy atom. The molecule has 1 aliphatic heterocycles. The lowest BCUT2D eigenvalue weighted by Crippen LogP contribution is -2.40. The van der Waals surface area contributed by atoms with Crippen LogP contribution in [-0.2, 0) is 6.42 Å². The highest BCUT2D eigenvalue weighted by Crippen LogP contribution is 2.17. The summed E-state index contributed by atoms with van der Waals surface area (Å²) in [7, 11) is 0. The molecule has 0 amide bonds. The average Bonchev–Trinajstić information content (AvgIpc) is 2.47. The molecule has 0 spiro atoms. The van der Waals surface area contributed by atoms with Gasteiger partial charge in [-0.15, -0.1) is 0 Å². The predicted octanol–water partition coefficient (Wildman–Crippen LogP) is 2.20. The zero-order chi connectivity index (χ0) is 13.1. The largest absolute Gasteiger partial charge is 0.328 e. The number of pyridine rings is 1. The van der Waals surface area contributed by atoms with Gasteiger partial charge >= 0.3 is 0 Å². The summed E-state index contributed by atoms with van der Waals surface area (Å²) >= 11 is 0. The van der Waals surface area contributed by atoms with Crippen LogP contribution in [0.2, 0.25) is 0 Å². The third-order valence-electron chi connectivity index (χ3n) is 4.07. The summed E-state index contributed by atoms with van der Waals surface area (Å²) < 4.78 is 0. The van der Waals surface area contributed by atoms with E-state index in [2.05, 4.69) is 34.1 Å². The van der Waals surface area contributed by atoms with Crippen molar-refractivity contribution >= 4 is 10.9 Å². The van der Waals surface area contributed by atoms with Crippen molar-refractivity contribution in [2.45, 2.75) is 25.3 Å². The molecule has 2 heterocycles. The molecular formula is C16H21N3. The van der Waals surface area contributed by atoms with Crippen LogP contribution in [0.25, 0.3) is 10.9 Å². The van der Waals surface area contributed by atoms with E-state index in [1.807, 2.05) is 12.3 Å². The number of nitrogens with two attached hydrogens (primary N) is 1. The molecule has 0 unspecified atom stereocenters. The maximum absolute atomic E-state index is 5.94. The number of piperidine rings is 1. The summed E-state index contributed by atoms with van der Waals surface area (Å²) in [6, 6.07) is 11.0. The molecule has 3 heteroatoms. The number of benzene rings is 1. The Kier molecular flexibility index (Phi) is 3.76. The minimum Gasteiger partial charge on any atom is -0.328 e. The van der Waals surface area contributed by atoms with Crippen molar-refractivity contribution in [3.63, 3.8) is 0 Å². The maximum atomic E-state index is 5.94. The monoisotopic (exact) mass is 255 g/mol. The zero-order valence-corrected chi connectivity index (χ0v) is 11.3. The molecule has 2 N–H and O–H groups in total. The van der Waals surface area contributed by atoms with E-state index in [0.29, 0.717) is 6.04 Å². The smallest absolute Gasteiger partial charge is 0.0704 e. The first-order chi connectivity index (χ1) is 9.33. The molecule has 1 saturated heterocycles. The number of para-hydroxylation sites is 1.